The summed E-state index contributed by atoms with van der Waals surface area (Å²) in [6.45, 7) is 1.19. The number of aromatic hydroxyl groups is 1. The number of phenols is 1. The fourth-order valence-corrected chi connectivity index (χ4v) is 3.93. The summed E-state index contributed by atoms with van der Waals surface area (Å²) in [5.74, 6) is 0.0143. The number of amides is 1. The highest BCUT2D eigenvalue weighted by Gasteiger charge is 2.37. The van der Waals surface area contributed by atoms with Crippen LogP contribution in [0, 0.1) is 0 Å². The predicted molar refractivity (Wildman–Crippen MR) is 88.6 cm³/mol. The van der Waals surface area contributed by atoms with Gasteiger partial charge in [-0.3, -0.25) is 4.79 Å². The van der Waals surface area contributed by atoms with E-state index in [4.69, 9.17) is 4.74 Å². The van der Waals surface area contributed by atoms with Crippen LogP contribution in [0.1, 0.15) is 36.0 Å². The normalized spacial score (nSPS) is 24.4. The Balaban J connectivity index is 1.69. The topological polar surface area (TPSA) is 49.8 Å². The number of carbonyl (C=O) groups is 1. The Morgan fingerprint density at radius 3 is 2.87 bits per heavy atom. The molecule has 1 amide bonds. The highest BCUT2D eigenvalue weighted by molar-refractivity contribution is 6.03. The number of carbonyl (C=O) groups excluding carboxylic acids is 1. The molecule has 1 N–H and O–H groups in total. The standard InChI is InChI=1S/C19H21NO3/c21-18-14-6-2-1-5-13(14)9-10-15(18)19(22)20-11-12-23-17-8-4-3-7-16(17)20/h1-2,5-6,9-10,16-17,21H,3-4,7-8,11-12H2/t16-,17-/m1/s1. The molecule has 1 saturated heterocycles. The number of rotatable bonds is 1. The molecule has 2 aromatic rings. The third kappa shape index (κ3) is 2.47. The van der Waals surface area contributed by atoms with Crippen molar-refractivity contribution in [3.8, 4) is 5.75 Å². The van der Waals surface area contributed by atoms with Gasteiger partial charge in [0.15, 0.2) is 0 Å². The molecule has 4 rings (SSSR count). The van der Waals surface area contributed by atoms with Crippen molar-refractivity contribution < 1.29 is 14.6 Å². The summed E-state index contributed by atoms with van der Waals surface area (Å²) in [5, 5.41) is 12.2. The molecule has 1 heterocycles. The van der Waals surface area contributed by atoms with E-state index in [0.717, 1.165) is 30.0 Å². The van der Waals surface area contributed by atoms with Crippen LogP contribution in [0.5, 0.6) is 5.75 Å². The van der Waals surface area contributed by atoms with Gasteiger partial charge in [0, 0.05) is 11.9 Å². The number of hydrogen-bond donors (Lipinski definition) is 1. The van der Waals surface area contributed by atoms with E-state index in [1.165, 1.54) is 6.42 Å². The van der Waals surface area contributed by atoms with Crippen molar-refractivity contribution in [1.29, 1.82) is 0 Å². The Hall–Kier alpha value is -2.07. The van der Waals surface area contributed by atoms with E-state index in [9.17, 15) is 9.90 Å². The minimum atomic E-state index is -0.0755. The van der Waals surface area contributed by atoms with Crippen molar-refractivity contribution in [2.45, 2.75) is 37.8 Å². The fraction of sp³-hybridized carbons (Fsp3) is 0.421. The second-order valence-corrected chi connectivity index (χ2v) is 6.44. The lowest BCUT2D eigenvalue weighted by Gasteiger charge is -2.43. The average molecular weight is 311 g/mol. The Morgan fingerprint density at radius 2 is 1.96 bits per heavy atom. The number of phenolic OH excluding ortho intramolecular Hbond substituents is 1. The van der Waals surface area contributed by atoms with Crippen LogP contribution in [0.15, 0.2) is 36.4 Å². The average Bonchev–Trinajstić information content (AvgIpc) is 2.61. The number of benzene rings is 2. The molecule has 2 fully saturated rings. The Kier molecular flexibility index (Phi) is 3.69. The molecule has 4 nitrogen and oxygen atoms in total. The first-order valence-electron chi connectivity index (χ1n) is 8.39. The summed E-state index contributed by atoms with van der Waals surface area (Å²) in [7, 11) is 0. The zero-order chi connectivity index (χ0) is 15.8. The zero-order valence-electron chi connectivity index (χ0n) is 13.1. The Morgan fingerprint density at radius 1 is 1.13 bits per heavy atom. The van der Waals surface area contributed by atoms with Gasteiger partial charge in [0.25, 0.3) is 5.91 Å². The first kappa shape index (κ1) is 14.5. The van der Waals surface area contributed by atoms with E-state index in [1.54, 1.807) is 6.07 Å². The lowest BCUT2D eigenvalue weighted by atomic mass is 9.89. The molecule has 2 atom stereocenters. The van der Waals surface area contributed by atoms with Crippen molar-refractivity contribution >= 4 is 16.7 Å². The van der Waals surface area contributed by atoms with Crippen molar-refractivity contribution in [3.05, 3.63) is 42.0 Å². The van der Waals surface area contributed by atoms with Crippen LogP contribution < -0.4 is 0 Å². The molecular weight excluding hydrogens is 290 g/mol. The Bertz CT molecular complexity index is 740. The zero-order valence-corrected chi connectivity index (χ0v) is 13.1. The second-order valence-electron chi connectivity index (χ2n) is 6.44. The molecule has 1 aliphatic carbocycles. The van der Waals surface area contributed by atoms with Crippen molar-refractivity contribution in [2.75, 3.05) is 13.2 Å². The van der Waals surface area contributed by atoms with Crippen LogP contribution in [-0.2, 0) is 4.74 Å². The summed E-state index contributed by atoms with van der Waals surface area (Å²) < 4.78 is 5.84. The van der Waals surface area contributed by atoms with Gasteiger partial charge in [-0.05, 0) is 24.3 Å². The molecule has 120 valence electrons. The summed E-state index contributed by atoms with van der Waals surface area (Å²) in [5.41, 5.74) is 0.398. The number of morpholine rings is 1. The van der Waals surface area contributed by atoms with Crippen LogP contribution in [0.25, 0.3) is 10.8 Å². The smallest absolute Gasteiger partial charge is 0.258 e. The Labute approximate surface area is 135 Å². The fourth-order valence-electron chi connectivity index (χ4n) is 3.93. The summed E-state index contributed by atoms with van der Waals surface area (Å²) in [6, 6.07) is 11.4. The van der Waals surface area contributed by atoms with Crippen LogP contribution in [0.2, 0.25) is 0 Å². The van der Waals surface area contributed by atoms with Gasteiger partial charge in [-0.25, -0.2) is 0 Å². The van der Waals surface area contributed by atoms with Crippen LogP contribution in [0.4, 0.5) is 0 Å². The van der Waals surface area contributed by atoms with Gasteiger partial charge < -0.3 is 14.7 Å². The third-order valence-electron chi connectivity index (χ3n) is 5.12. The molecule has 0 aromatic heterocycles. The third-order valence-corrected chi connectivity index (χ3v) is 5.12. The van der Waals surface area contributed by atoms with Crippen LogP contribution in [-0.4, -0.2) is 41.2 Å². The first-order chi connectivity index (χ1) is 11.3. The van der Waals surface area contributed by atoms with Gasteiger partial charge in [0.1, 0.15) is 5.75 Å². The number of fused-ring (bicyclic) bond motifs is 2. The molecule has 0 spiro atoms. The molecule has 2 aromatic carbocycles. The molecule has 0 radical (unpaired) electrons. The molecule has 23 heavy (non-hydrogen) atoms. The number of hydrogen-bond acceptors (Lipinski definition) is 3. The maximum Gasteiger partial charge on any atom is 0.258 e. The highest BCUT2D eigenvalue weighted by atomic mass is 16.5. The molecule has 1 aliphatic heterocycles. The molecule has 0 bridgehead atoms. The summed E-state index contributed by atoms with van der Waals surface area (Å²) >= 11 is 0. The maximum absolute atomic E-state index is 13.0. The maximum atomic E-state index is 13.0. The van der Waals surface area contributed by atoms with Crippen LogP contribution in [0.3, 0.4) is 0 Å². The van der Waals surface area contributed by atoms with Crippen molar-refractivity contribution in [1.82, 2.24) is 4.90 Å². The quantitative estimate of drug-likeness (QED) is 0.879. The molecule has 4 heteroatoms. The molecule has 1 saturated carbocycles. The van der Waals surface area contributed by atoms with Gasteiger partial charge in [0.2, 0.25) is 0 Å². The predicted octanol–water partition coefficient (Wildman–Crippen LogP) is 3.33. The SMILES string of the molecule is O=C(c1ccc2ccccc2c1O)N1CCO[C@@H]2CCCC[C@H]21. The van der Waals surface area contributed by atoms with E-state index >= 15 is 0 Å². The summed E-state index contributed by atoms with van der Waals surface area (Å²) in [6.07, 6.45) is 4.48. The number of nitrogens with zero attached hydrogens (tertiary/aromatic N) is 1. The second kappa shape index (κ2) is 5.85. The highest BCUT2D eigenvalue weighted by Crippen LogP contribution is 2.33. The molecule has 2 aliphatic rings. The van der Waals surface area contributed by atoms with Crippen LogP contribution >= 0.6 is 0 Å². The van der Waals surface area contributed by atoms with Gasteiger partial charge in [-0.2, -0.15) is 0 Å². The van der Waals surface area contributed by atoms with Gasteiger partial charge in [-0.15, -0.1) is 0 Å². The lowest BCUT2D eigenvalue weighted by Crippen LogP contribution is -2.54. The van der Waals surface area contributed by atoms with E-state index in [0.29, 0.717) is 18.7 Å². The minimum absolute atomic E-state index is 0.0755. The minimum Gasteiger partial charge on any atom is -0.506 e. The van der Waals surface area contributed by atoms with Gasteiger partial charge in [0.05, 0.1) is 24.3 Å². The largest absolute Gasteiger partial charge is 0.506 e. The lowest BCUT2D eigenvalue weighted by molar-refractivity contribution is -0.0753. The van der Waals surface area contributed by atoms with E-state index in [2.05, 4.69) is 0 Å². The van der Waals surface area contributed by atoms with E-state index < -0.39 is 0 Å². The van der Waals surface area contributed by atoms with E-state index in [1.807, 2.05) is 35.2 Å². The molecular formula is C19H21NO3. The van der Waals surface area contributed by atoms with Gasteiger partial charge in [-0.1, -0.05) is 43.2 Å². The van der Waals surface area contributed by atoms with Gasteiger partial charge >= 0.3 is 0 Å². The number of ether oxygens (including phenoxy) is 1. The van der Waals surface area contributed by atoms with E-state index in [-0.39, 0.29) is 23.8 Å². The molecule has 0 unspecified atom stereocenters. The first-order valence-corrected chi connectivity index (χ1v) is 8.39. The summed E-state index contributed by atoms with van der Waals surface area (Å²) in [4.78, 5) is 14.9. The monoisotopic (exact) mass is 311 g/mol. The van der Waals surface area contributed by atoms with Crippen molar-refractivity contribution in [2.24, 2.45) is 0 Å². The van der Waals surface area contributed by atoms with Crippen molar-refractivity contribution in [3.63, 3.8) is 0 Å².